The van der Waals surface area contributed by atoms with Crippen molar-refractivity contribution in [3.63, 3.8) is 0 Å². The van der Waals surface area contributed by atoms with E-state index in [0.717, 1.165) is 35.1 Å². The summed E-state index contributed by atoms with van der Waals surface area (Å²) in [4.78, 5) is 13.9. The maximum Gasteiger partial charge on any atom is 0.134 e. The van der Waals surface area contributed by atoms with Crippen LogP contribution in [0.3, 0.4) is 0 Å². The first kappa shape index (κ1) is 20.8. The van der Waals surface area contributed by atoms with Gasteiger partial charge in [-0.1, -0.05) is 18.2 Å². The predicted molar refractivity (Wildman–Crippen MR) is 130 cm³/mol. The number of hydrogen-bond donors (Lipinski definition) is 0. The fraction of sp³-hybridized carbons (Fsp3) is 0.321. The van der Waals surface area contributed by atoms with Crippen LogP contribution in [0.15, 0.2) is 70.6 Å². The molecule has 33 heavy (non-hydrogen) atoms. The molecule has 168 valence electrons. The third-order valence-electron chi connectivity index (χ3n) is 7.31. The number of Topliss-reactive ketones (excluding diaryl/α,β-unsaturated/α-hetero) is 1. The summed E-state index contributed by atoms with van der Waals surface area (Å²) in [7, 11) is 3.40. The van der Waals surface area contributed by atoms with E-state index < -0.39 is 0 Å². The molecule has 0 unspecified atom stereocenters. The molecule has 3 aromatic carbocycles. The molecule has 3 aromatic rings. The first-order valence-electron chi connectivity index (χ1n) is 11.4. The second-order valence-corrected chi connectivity index (χ2v) is 10.2. The molecule has 0 amide bonds. The van der Waals surface area contributed by atoms with Crippen molar-refractivity contribution < 1.29 is 19.0 Å². The number of fused-ring (bicyclic) bond motifs is 8. The van der Waals surface area contributed by atoms with Crippen LogP contribution in [-0.4, -0.2) is 25.3 Å². The Morgan fingerprint density at radius 1 is 0.939 bits per heavy atom. The molecule has 0 aromatic heterocycles. The first-order chi connectivity index (χ1) is 16.1. The smallest absolute Gasteiger partial charge is 0.134 e. The van der Waals surface area contributed by atoms with Crippen LogP contribution in [0, 0.1) is 5.92 Å². The van der Waals surface area contributed by atoms with E-state index in [1.54, 1.807) is 32.9 Å². The quantitative estimate of drug-likeness (QED) is 0.412. The molecule has 1 aliphatic carbocycles. The van der Waals surface area contributed by atoms with Gasteiger partial charge in [0.05, 0.1) is 14.2 Å². The molecule has 0 spiro atoms. The minimum atomic E-state index is -0.108. The highest BCUT2D eigenvalue weighted by Crippen LogP contribution is 2.62. The van der Waals surface area contributed by atoms with Gasteiger partial charge in [-0.15, -0.1) is 11.8 Å². The Morgan fingerprint density at radius 2 is 1.58 bits per heavy atom. The van der Waals surface area contributed by atoms with Crippen molar-refractivity contribution >= 4 is 28.3 Å². The summed E-state index contributed by atoms with van der Waals surface area (Å²) in [6.45, 7) is 1.74. The number of rotatable bonds is 5. The van der Waals surface area contributed by atoms with Gasteiger partial charge in [-0.2, -0.15) is 0 Å². The normalized spacial score (nSPS) is 25.2. The Hall–Kier alpha value is -2.76. The average molecular weight is 459 g/mol. The van der Waals surface area contributed by atoms with Crippen molar-refractivity contribution in [3.05, 3.63) is 76.9 Å². The summed E-state index contributed by atoms with van der Waals surface area (Å²) in [5.41, 5.74) is 5.11. The topological polar surface area (TPSA) is 44.8 Å². The highest BCUT2D eigenvalue weighted by Gasteiger charge is 2.51. The number of methoxy groups -OCH3 is 2. The van der Waals surface area contributed by atoms with Crippen LogP contribution in [0.4, 0.5) is 0 Å². The van der Waals surface area contributed by atoms with Gasteiger partial charge >= 0.3 is 0 Å². The van der Waals surface area contributed by atoms with Crippen molar-refractivity contribution in [2.45, 2.75) is 42.1 Å². The highest BCUT2D eigenvalue weighted by molar-refractivity contribution is 8.00. The Balaban J connectivity index is 1.48. The average Bonchev–Trinajstić information content (AvgIpc) is 3.40. The number of ether oxygens (including phenoxy) is 3. The van der Waals surface area contributed by atoms with Gasteiger partial charge in [-0.25, -0.2) is 0 Å². The third kappa shape index (κ3) is 3.13. The molecule has 0 saturated carbocycles. The molecule has 0 saturated heterocycles. The van der Waals surface area contributed by atoms with Gasteiger partial charge in [0.15, 0.2) is 0 Å². The van der Waals surface area contributed by atoms with E-state index >= 15 is 0 Å². The van der Waals surface area contributed by atoms with Gasteiger partial charge in [0.2, 0.25) is 0 Å². The van der Waals surface area contributed by atoms with Crippen LogP contribution in [0.5, 0.6) is 11.5 Å². The molecule has 0 fully saturated rings. The molecular formula is C28H26O4S. The SMILES string of the molecule is COc1ccc(OC)c2cc3c(cc12)[C@@H]1O[C@H]3C2=C1CC[C@H](C(C)=O)[C@H]2Sc1ccccc1. The number of thioether (sulfide) groups is 1. The van der Waals surface area contributed by atoms with Crippen LogP contribution in [0.25, 0.3) is 10.8 Å². The molecule has 2 bridgehead atoms. The lowest BCUT2D eigenvalue weighted by Crippen LogP contribution is -2.32. The lowest BCUT2D eigenvalue weighted by atomic mass is 9.73. The van der Waals surface area contributed by atoms with E-state index in [0.29, 0.717) is 0 Å². The number of carbonyl (C=O) groups excluding carboxylic acids is 1. The Bertz CT molecular complexity index is 1300. The molecule has 4 atom stereocenters. The van der Waals surface area contributed by atoms with Crippen LogP contribution in [0.1, 0.15) is 43.1 Å². The van der Waals surface area contributed by atoms with Gasteiger partial charge in [0, 0.05) is 26.8 Å². The minimum Gasteiger partial charge on any atom is -0.496 e. The predicted octanol–water partition coefficient (Wildman–Crippen LogP) is 6.44. The molecule has 4 nitrogen and oxygen atoms in total. The maximum atomic E-state index is 12.7. The zero-order chi connectivity index (χ0) is 22.7. The number of ketones is 1. The molecule has 3 aliphatic rings. The van der Waals surface area contributed by atoms with E-state index in [4.69, 9.17) is 14.2 Å². The standard InChI is InChI=1S/C28H26O4S/c1-15(29)17-9-10-18-25(28(17)33-16-7-5-4-6-8-16)27-22-14-20-19(13-21(22)26(18)32-27)23(30-2)11-12-24(20)31-3/h4-8,11-14,17,26-28H,9-10H2,1-3H3/t17-,26-,27-,28-/m1/s1. The van der Waals surface area contributed by atoms with Crippen molar-refractivity contribution in [2.24, 2.45) is 5.92 Å². The monoisotopic (exact) mass is 458 g/mol. The molecule has 5 heteroatoms. The van der Waals surface area contributed by atoms with Gasteiger partial charge < -0.3 is 14.2 Å². The second-order valence-electron chi connectivity index (χ2n) is 8.98. The minimum absolute atomic E-state index is 0.00967. The fourth-order valence-corrected chi connectivity index (χ4v) is 7.29. The molecule has 2 heterocycles. The molecule has 0 N–H and O–H groups in total. The summed E-state index contributed by atoms with van der Waals surface area (Å²) in [6.07, 6.45) is 1.65. The van der Waals surface area contributed by atoms with E-state index in [1.165, 1.54) is 27.2 Å². The maximum absolute atomic E-state index is 12.7. The number of benzene rings is 3. The number of hydrogen-bond acceptors (Lipinski definition) is 5. The lowest BCUT2D eigenvalue weighted by molar-refractivity contribution is -0.120. The summed E-state index contributed by atoms with van der Waals surface area (Å²) >= 11 is 1.81. The Labute approximate surface area is 197 Å². The number of carbonyl (C=O) groups is 1. The van der Waals surface area contributed by atoms with E-state index in [9.17, 15) is 4.79 Å². The van der Waals surface area contributed by atoms with Crippen LogP contribution in [0.2, 0.25) is 0 Å². The van der Waals surface area contributed by atoms with Crippen LogP contribution in [-0.2, 0) is 9.53 Å². The van der Waals surface area contributed by atoms with E-state index in [-0.39, 0.29) is 29.2 Å². The summed E-state index contributed by atoms with van der Waals surface area (Å²) in [5, 5.41) is 2.17. The third-order valence-corrected chi connectivity index (χ3v) is 8.69. The zero-order valence-electron chi connectivity index (χ0n) is 19.0. The van der Waals surface area contributed by atoms with Gasteiger partial charge in [-0.3, -0.25) is 4.79 Å². The summed E-state index contributed by atoms with van der Waals surface area (Å²) in [5.74, 6) is 1.94. The largest absolute Gasteiger partial charge is 0.496 e. The van der Waals surface area contributed by atoms with Gasteiger partial charge in [-0.05, 0) is 78.4 Å². The highest BCUT2D eigenvalue weighted by atomic mass is 32.2. The molecule has 0 radical (unpaired) electrons. The summed E-state index contributed by atoms with van der Waals surface area (Å²) in [6, 6.07) is 18.7. The second kappa shape index (κ2) is 7.93. The van der Waals surface area contributed by atoms with E-state index in [2.05, 4.69) is 36.4 Å². The fourth-order valence-electron chi connectivity index (χ4n) is 5.79. The van der Waals surface area contributed by atoms with Crippen LogP contribution >= 0.6 is 11.8 Å². The zero-order valence-corrected chi connectivity index (χ0v) is 19.8. The Morgan fingerprint density at radius 3 is 2.18 bits per heavy atom. The van der Waals surface area contributed by atoms with Crippen molar-refractivity contribution in [1.29, 1.82) is 0 Å². The summed E-state index contributed by atoms with van der Waals surface area (Å²) < 4.78 is 17.9. The van der Waals surface area contributed by atoms with Crippen molar-refractivity contribution in [2.75, 3.05) is 14.2 Å². The first-order valence-corrected chi connectivity index (χ1v) is 12.3. The van der Waals surface area contributed by atoms with Crippen molar-refractivity contribution in [3.8, 4) is 11.5 Å². The van der Waals surface area contributed by atoms with Gasteiger partial charge in [0.1, 0.15) is 29.5 Å². The van der Waals surface area contributed by atoms with E-state index in [1.807, 2.05) is 18.2 Å². The molecular weight excluding hydrogens is 432 g/mol. The van der Waals surface area contributed by atoms with Crippen molar-refractivity contribution in [1.82, 2.24) is 0 Å². The molecule has 6 rings (SSSR count). The van der Waals surface area contributed by atoms with Crippen LogP contribution < -0.4 is 9.47 Å². The Kier molecular flexibility index (Phi) is 5.00. The van der Waals surface area contributed by atoms with Gasteiger partial charge in [0.25, 0.3) is 0 Å². The molecule has 2 aliphatic heterocycles. The lowest BCUT2D eigenvalue weighted by Gasteiger charge is -2.35.